The van der Waals surface area contributed by atoms with Gasteiger partial charge in [0.15, 0.2) is 0 Å². The molecule has 18 heavy (non-hydrogen) atoms. The Bertz CT molecular complexity index is 584. The molecule has 3 N–H and O–H groups in total. The number of thiazole rings is 1. The number of halogens is 1. The lowest BCUT2D eigenvalue weighted by Gasteiger charge is -2.06. The van der Waals surface area contributed by atoms with E-state index in [1.807, 2.05) is 12.3 Å². The molecule has 7 heteroatoms. The number of hydrogen-bond acceptors (Lipinski definition) is 5. The molecule has 5 nitrogen and oxygen atoms in total. The molecule has 0 aliphatic heterocycles. The first-order valence-electron chi connectivity index (χ1n) is 5.16. The number of carbonyl (C=O) groups is 1. The largest absolute Gasteiger partial charge is 0.397 e. The molecule has 2 aromatic rings. The second-order valence-electron chi connectivity index (χ2n) is 3.66. The number of carbonyl (C=O) groups excluding carboxylic acids is 1. The predicted molar refractivity (Wildman–Crippen MR) is 71.7 cm³/mol. The molecule has 0 spiro atoms. The van der Waals surface area contributed by atoms with Gasteiger partial charge in [0, 0.05) is 11.1 Å². The van der Waals surface area contributed by atoms with Crippen molar-refractivity contribution in [1.29, 1.82) is 0 Å². The van der Waals surface area contributed by atoms with Gasteiger partial charge in [0.2, 0.25) is 0 Å². The van der Waals surface area contributed by atoms with E-state index in [-0.39, 0.29) is 11.1 Å². The summed E-state index contributed by atoms with van der Waals surface area (Å²) in [5.74, 6) is -0.287. The Morgan fingerprint density at radius 1 is 1.61 bits per heavy atom. The van der Waals surface area contributed by atoms with Gasteiger partial charge in [-0.3, -0.25) is 4.79 Å². The minimum absolute atomic E-state index is 0.236. The quantitative estimate of drug-likeness (QED) is 0.844. The van der Waals surface area contributed by atoms with Crippen molar-refractivity contribution in [2.45, 2.75) is 13.5 Å². The lowest BCUT2D eigenvalue weighted by atomic mass is 10.2. The molecule has 0 unspecified atom stereocenters. The van der Waals surface area contributed by atoms with Crippen molar-refractivity contribution >= 4 is 34.5 Å². The maximum atomic E-state index is 11.9. The average Bonchev–Trinajstić information content (AvgIpc) is 2.75. The zero-order chi connectivity index (χ0) is 13.1. The van der Waals surface area contributed by atoms with E-state index in [4.69, 9.17) is 17.3 Å². The summed E-state index contributed by atoms with van der Waals surface area (Å²) in [7, 11) is 0. The van der Waals surface area contributed by atoms with Crippen LogP contribution in [0.1, 0.15) is 21.1 Å². The molecule has 0 saturated carbocycles. The Kier molecular flexibility index (Phi) is 3.78. The summed E-state index contributed by atoms with van der Waals surface area (Å²) in [6.45, 7) is 2.28. The first kappa shape index (κ1) is 12.8. The number of nitrogens with two attached hydrogens (primary N) is 1. The van der Waals surface area contributed by atoms with Gasteiger partial charge in [-0.25, -0.2) is 9.97 Å². The van der Waals surface area contributed by atoms with Gasteiger partial charge in [-0.1, -0.05) is 11.6 Å². The summed E-state index contributed by atoms with van der Waals surface area (Å²) in [4.78, 5) is 19.9. The highest BCUT2D eigenvalue weighted by Gasteiger charge is 2.11. The Balaban J connectivity index is 2.05. The monoisotopic (exact) mass is 282 g/mol. The van der Waals surface area contributed by atoms with Gasteiger partial charge < -0.3 is 11.1 Å². The second-order valence-corrected chi connectivity index (χ2v) is 4.99. The van der Waals surface area contributed by atoms with E-state index in [9.17, 15) is 4.79 Å². The number of aromatic nitrogens is 2. The third kappa shape index (κ3) is 2.96. The van der Waals surface area contributed by atoms with E-state index in [1.54, 1.807) is 0 Å². The predicted octanol–water partition coefficient (Wildman–Crippen LogP) is 2.01. The van der Waals surface area contributed by atoms with Crippen molar-refractivity contribution in [2.75, 3.05) is 5.73 Å². The fourth-order valence-corrected chi connectivity index (χ4v) is 2.24. The van der Waals surface area contributed by atoms with Crippen LogP contribution >= 0.6 is 22.9 Å². The number of nitrogens with zero attached hydrogens (tertiary/aromatic N) is 2. The van der Waals surface area contributed by atoms with E-state index in [2.05, 4.69) is 15.3 Å². The highest BCUT2D eigenvalue weighted by atomic mass is 35.5. The number of pyridine rings is 1. The molecular weight excluding hydrogens is 272 g/mol. The van der Waals surface area contributed by atoms with Crippen LogP contribution in [0.4, 0.5) is 5.69 Å². The summed E-state index contributed by atoms with van der Waals surface area (Å²) < 4.78 is 0. The number of aryl methyl sites for hydroxylation is 1. The molecular formula is C11H11ClN4OS. The molecule has 0 bridgehead atoms. The molecule has 0 atom stereocenters. The van der Waals surface area contributed by atoms with Crippen molar-refractivity contribution in [3.8, 4) is 0 Å². The fraction of sp³-hybridized carbons (Fsp3) is 0.182. The molecule has 2 aromatic heterocycles. The summed E-state index contributed by atoms with van der Waals surface area (Å²) in [5.41, 5.74) is 7.23. The highest BCUT2D eigenvalue weighted by molar-refractivity contribution is 7.09. The van der Waals surface area contributed by atoms with Gasteiger partial charge in [0.1, 0.15) is 10.2 Å². The van der Waals surface area contributed by atoms with Crippen molar-refractivity contribution in [1.82, 2.24) is 15.3 Å². The van der Waals surface area contributed by atoms with Crippen LogP contribution in [-0.4, -0.2) is 15.9 Å². The Morgan fingerprint density at radius 2 is 2.39 bits per heavy atom. The van der Waals surface area contributed by atoms with Crippen molar-refractivity contribution in [2.24, 2.45) is 0 Å². The number of rotatable bonds is 3. The lowest BCUT2D eigenvalue weighted by molar-refractivity contribution is 0.0951. The van der Waals surface area contributed by atoms with Gasteiger partial charge in [-0.2, -0.15) is 0 Å². The molecule has 2 rings (SSSR count). The molecule has 0 radical (unpaired) electrons. The third-order valence-corrected chi connectivity index (χ3v) is 3.39. The minimum Gasteiger partial charge on any atom is -0.397 e. The Morgan fingerprint density at radius 3 is 3.06 bits per heavy atom. The van der Waals surface area contributed by atoms with Crippen molar-refractivity contribution < 1.29 is 4.79 Å². The maximum Gasteiger partial charge on any atom is 0.253 e. The summed E-state index contributed by atoms with van der Waals surface area (Å²) in [5, 5.41) is 5.75. The van der Waals surface area contributed by atoms with Gasteiger partial charge >= 0.3 is 0 Å². The van der Waals surface area contributed by atoms with Gasteiger partial charge in [-0.05, 0) is 13.0 Å². The zero-order valence-electron chi connectivity index (χ0n) is 9.61. The van der Waals surface area contributed by atoms with Crippen LogP contribution in [-0.2, 0) is 6.54 Å². The van der Waals surface area contributed by atoms with E-state index in [1.165, 1.54) is 23.6 Å². The molecule has 2 heterocycles. The van der Waals surface area contributed by atoms with Gasteiger partial charge in [0.25, 0.3) is 5.91 Å². The van der Waals surface area contributed by atoms with Crippen LogP contribution in [0.25, 0.3) is 0 Å². The Labute approximate surface area is 113 Å². The third-order valence-electron chi connectivity index (χ3n) is 2.21. The molecule has 0 aliphatic carbocycles. The molecule has 0 fully saturated rings. The summed E-state index contributed by atoms with van der Waals surface area (Å²) in [6.07, 6.45) is 1.37. The van der Waals surface area contributed by atoms with E-state index in [0.717, 1.165) is 10.7 Å². The van der Waals surface area contributed by atoms with Crippen LogP contribution in [0, 0.1) is 6.92 Å². The second kappa shape index (κ2) is 5.32. The van der Waals surface area contributed by atoms with Crippen LogP contribution in [0.5, 0.6) is 0 Å². The zero-order valence-corrected chi connectivity index (χ0v) is 11.2. The van der Waals surface area contributed by atoms with Gasteiger partial charge in [-0.15, -0.1) is 11.3 Å². The topological polar surface area (TPSA) is 80.9 Å². The molecule has 0 aliphatic rings. The summed E-state index contributed by atoms with van der Waals surface area (Å²) >= 11 is 7.22. The number of nitrogens with one attached hydrogen (secondary N) is 1. The molecule has 1 amide bonds. The van der Waals surface area contributed by atoms with E-state index < -0.39 is 0 Å². The summed E-state index contributed by atoms with van der Waals surface area (Å²) in [6, 6.07) is 1.44. The first-order valence-corrected chi connectivity index (χ1v) is 6.42. The SMILES string of the molecule is Cc1csc(CNC(=O)c2cc(Cl)ncc2N)n1. The lowest BCUT2D eigenvalue weighted by Crippen LogP contribution is -2.23. The standard InChI is InChI=1S/C11H11ClN4OS/c1-6-5-18-10(16-6)4-15-11(17)7-2-9(12)14-3-8(7)13/h2-3,5H,4,13H2,1H3,(H,15,17). The van der Waals surface area contributed by atoms with Crippen molar-refractivity contribution in [3.63, 3.8) is 0 Å². The molecule has 0 saturated heterocycles. The number of nitrogen functional groups attached to an aromatic ring is 1. The van der Waals surface area contributed by atoms with Gasteiger partial charge in [0.05, 0.1) is 24.0 Å². The van der Waals surface area contributed by atoms with Crippen LogP contribution in [0.3, 0.4) is 0 Å². The van der Waals surface area contributed by atoms with E-state index in [0.29, 0.717) is 17.8 Å². The fourth-order valence-electron chi connectivity index (χ4n) is 1.37. The smallest absolute Gasteiger partial charge is 0.253 e. The maximum absolute atomic E-state index is 11.9. The number of hydrogen-bond donors (Lipinski definition) is 2. The Hall–Kier alpha value is -1.66. The number of amides is 1. The van der Waals surface area contributed by atoms with Crippen LogP contribution in [0.15, 0.2) is 17.6 Å². The number of anilines is 1. The van der Waals surface area contributed by atoms with Crippen LogP contribution in [0.2, 0.25) is 5.15 Å². The molecule has 94 valence electrons. The molecule has 0 aromatic carbocycles. The minimum atomic E-state index is -0.287. The first-order chi connectivity index (χ1) is 8.56. The van der Waals surface area contributed by atoms with E-state index >= 15 is 0 Å². The average molecular weight is 283 g/mol. The normalized spacial score (nSPS) is 10.3. The van der Waals surface area contributed by atoms with Crippen LogP contribution < -0.4 is 11.1 Å². The highest BCUT2D eigenvalue weighted by Crippen LogP contribution is 2.15. The van der Waals surface area contributed by atoms with Crippen molar-refractivity contribution in [3.05, 3.63) is 39.1 Å².